The summed E-state index contributed by atoms with van der Waals surface area (Å²) in [5.41, 5.74) is 1.79. The minimum atomic E-state index is -0.382. The Hall–Kier alpha value is -2.63. The first-order chi connectivity index (χ1) is 12.5. The molecule has 1 unspecified atom stereocenters. The van der Waals surface area contributed by atoms with Crippen molar-refractivity contribution in [3.05, 3.63) is 82.1 Å². The number of amides is 1. The Kier molecular flexibility index (Phi) is 5.71. The van der Waals surface area contributed by atoms with Gasteiger partial charge in [0, 0.05) is 11.2 Å². The van der Waals surface area contributed by atoms with Crippen LogP contribution in [0.25, 0.3) is 0 Å². The van der Waals surface area contributed by atoms with E-state index < -0.39 is 0 Å². The number of nitrogens with one attached hydrogen (secondary N) is 2. The topological polar surface area (TPSA) is 66.9 Å². The maximum atomic E-state index is 12.4. The van der Waals surface area contributed by atoms with Crippen LogP contribution in [0.1, 0.15) is 29.0 Å². The lowest BCUT2D eigenvalue weighted by atomic mass is 10.1. The number of hydrogen-bond donors (Lipinski definition) is 2. The molecule has 1 atom stereocenters. The monoisotopic (exact) mass is 386 g/mol. The molecule has 3 rings (SSSR count). The molecular weight excluding hydrogens is 371 g/mol. The number of nitrogens with zero attached hydrogens (tertiary/aromatic N) is 2. The summed E-state index contributed by atoms with van der Waals surface area (Å²) in [5, 5.41) is 6.76. The van der Waals surface area contributed by atoms with Gasteiger partial charge in [0.2, 0.25) is 5.95 Å². The van der Waals surface area contributed by atoms with Crippen LogP contribution in [0.15, 0.2) is 60.8 Å². The third-order valence-corrected chi connectivity index (χ3v) is 4.26. The quantitative estimate of drug-likeness (QED) is 0.631. The van der Waals surface area contributed by atoms with Crippen LogP contribution >= 0.6 is 23.2 Å². The summed E-state index contributed by atoms with van der Waals surface area (Å²) >= 11 is 11.9. The molecule has 5 nitrogen and oxygen atoms in total. The molecule has 0 saturated heterocycles. The Balaban J connectivity index is 1.73. The Morgan fingerprint density at radius 2 is 1.85 bits per heavy atom. The number of halogens is 2. The van der Waals surface area contributed by atoms with Crippen LogP contribution in [0.2, 0.25) is 10.0 Å². The molecule has 7 heteroatoms. The molecule has 1 amide bonds. The van der Waals surface area contributed by atoms with Gasteiger partial charge >= 0.3 is 0 Å². The third kappa shape index (κ3) is 4.50. The van der Waals surface area contributed by atoms with Crippen molar-refractivity contribution >= 4 is 40.7 Å². The summed E-state index contributed by atoms with van der Waals surface area (Å²) in [6.45, 7) is 2.00. The highest BCUT2D eigenvalue weighted by molar-refractivity contribution is 6.36. The maximum absolute atomic E-state index is 12.4. The van der Waals surface area contributed by atoms with E-state index in [-0.39, 0.29) is 17.6 Å². The minimum absolute atomic E-state index is 0.000205. The second kappa shape index (κ2) is 8.17. The van der Waals surface area contributed by atoms with E-state index >= 15 is 0 Å². The fraction of sp³-hybridized carbons (Fsp3) is 0.105. The summed E-state index contributed by atoms with van der Waals surface area (Å²) in [5.74, 6) is -0.0109. The molecule has 1 aromatic heterocycles. The second-order valence-corrected chi connectivity index (χ2v) is 6.46. The number of aromatic nitrogens is 2. The van der Waals surface area contributed by atoms with Crippen molar-refractivity contribution in [1.29, 1.82) is 0 Å². The van der Waals surface area contributed by atoms with Gasteiger partial charge in [0.05, 0.1) is 16.8 Å². The Morgan fingerprint density at radius 3 is 2.58 bits per heavy atom. The molecule has 0 radical (unpaired) electrons. The van der Waals surface area contributed by atoms with Gasteiger partial charge in [-0.15, -0.1) is 0 Å². The number of carbonyl (C=O) groups excluding carboxylic acids is 1. The van der Waals surface area contributed by atoms with Gasteiger partial charge in [-0.2, -0.15) is 0 Å². The molecular formula is C19H16Cl2N4O. The Morgan fingerprint density at radius 1 is 1.08 bits per heavy atom. The predicted octanol–water partition coefficient (Wildman–Crippen LogP) is 5.21. The Labute approximate surface area is 161 Å². The van der Waals surface area contributed by atoms with Gasteiger partial charge in [-0.25, -0.2) is 9.97 Å². The summed E-state index contributed by atoms with van der Waals surface area (Å²) in [6.07, 6.45) is 1.53. The molecule has 3 aromatic rings. The van der Waals surface area contributed by atoms with Gasteiger partial charge in [-0.3, -0.25) is 4.79 Å². The maximum Gasteiger partial charge on any atom is 0.274 e. The van der Waals surface area contributed by atoms with Crippen molar-refractivity contribution in [2.75, 3.05) is 10.6 Å². The lowest BCUT2D eigenvalue weighted by Crippen LogP contribution is -2.16. The van der Waals surface area contributed by atoms with E-state index in [0.29, 0.717) is 21.7 Å². The van der Waals surface area contributed by atoms with Gasteiger partial charge in [0.15, 0.2) is 0 Å². The van der Waals surface area contributed by atoms with E-state index in [2.05, 4.69) is 20.6 Å². The van der Waals surface area contributed by atoms with Gasteiger partial charge in [-0.1, -0.05) is 53.5 Å². The van der Waals surface area contributed by atoms with Crippen molar-refractivity contribution in [1.82, 2.24) is 9.97 Å². The van der Waals surface area contributed by atoms with E-state index in [9.17, 15) is 4.79 Å². The van der Waals surface area contributed by atoms with Gasteiger partial charge < -0.3 is 10.6 Å². The molecule has 0 aliphatic carbocycles. The highest BCUT2D eigenvalue weighted by Gasteiger charge is 2.13. The molecule has 0 saturated carbocycles. The van der Waals surface area contributed by atoms with Crippen molar-refractivity contribution in [3.63, 3.8) is 0 Å². The average molecular weight is 387 g/mol. The van der Waals surface area contributed by atoms with Crippen LogP contribution in [0, 0.1) is 0 Å². The van der Waals surface area contributed by atoms with Crippen LogP contribution < -0.4 is 10.6 Å². The second-order valence-electron chi connectivity index (χ2n) is 5.62. The summed E-state index contributed by atoms with van der Waals surface area (Å²) in [4.78, 5) is 20.9. The van der Waals surface area contributed by atoms with E-state index in [0.717, 1.165) is 5.56 Å². The van der Waals surface area contributed by atoms with Crippen LogP contribution in [0.4, 0.5) is 11.6 Å². The van der Waals surface area contributed by atoms with Gasteiger partial charge in [0.25, 0.3) is 5.91 Å². The first-order valence-corrected chi connectivity index (χ1v) is 8.69. The fourth-order valence-electron chi connectivity index (χ4n) is 2.35. The smallest absolute Gasteiger partial charge is 0.274 e. The van der Waals surface area contributed by atoms with Crippen LogP contribution in [0.3, 0.4) is 0 Å². The summed E-state index contributed by atoms with van der Waals surface area (Å²) in [7, 11) is 0. The lowest BCUT2D eigenvalue weighted by molar-refractivity contribution is 0.102. The molecule has 1 heterocycles. The lowest BCUT2D eigenvalue weighted by Gasteiger charge is -2.14. The molecule has 132 valence electrons. The molecule has 0 aliphatic heterocycles. The third-order valence-electron chi connectivity index (χ3n) is 3.71. The average Bonchev–Trinajstić information content (AvgIpc) is 2.65. The normalized spacial score (nSPS) is 11.7. The highest BCUT2D eigenvalue weighted by Crippen LogP contribution is 2.25. The number of anilines is 2. The van der Waals surface area contributed by atoms with Crippen molar-refractivity contribution in [2.45, 2.75) is 13.0 Å². The van der Waals surface area contributed by atoms with E-state index in [1.54, 1.807) is 18.2 Å². The van der Waals surface area contributed by atoms with Gasteiger partial charge in [0.1, 0.15) is 5.69 Å². The molecule has 2 N–H and O–H groups in total. The first-order valence-electron chi connectivity index (χ1n) is 7.94. The largest absolute Gasteiger partial charge is 0.348 e. The molecule has 2 aromatic carbocycles. The van der Waals surface area contributed by atoms with Crippen LogP contribution in [0.5, 0.6) is 0 Å². The van der Waals surface area contributed by atoms with Crippen LogP contribution in [-0.2, 0) is 0 Å². The zero-order chi connectivity index (χ0) is 18.5. The van der Waals surface area contributed by atoms with Crippen molar-refractivity contribution in [2.24, 2.45) is 0 Å². The number of benzene rings is 2. The number of rotatable bonds is 5. The van der Waals surface area contributed by atoms with Gasteiger partial charge in [-0.05, 0) is 36.8 Å². The zero-order valence-electron chi connectivity index (χ0n) is 13.9. The van der Waals surface area contributed by atoms with Crippen molar-refractivity contribution in [3.8, 4) is 0 Å². The number of hydrogen-bond acceptors (Lipinski definition) is 4. The van der Waals surface area contributed by atoms with E-state index in [4.69, 9.17) is 23.2 Å². The van der Waals surface area contributed by atoms with Crippen molar-refractivity contribution < 1.29 is 4.79 Å². The zero-order valence-corrected chi connectivity index (χ0v) is 15.4. The molecule has 26 heavy (non-hydrogen) atoms. The molecule has 0 aliphatic rings. The highest BCUT2D eigenvalue weighted by atomic mass is 35.5. The molecule has 0 spiro atoms. The molecule has 0 fully saturated rings. The Bertz CT molecular complexity index is 918. The number of carbonyl (C=O) groups is 1. The standard InChI is InChI=1S/C19H16Cl2N4O/c1-12(13-5-3-2-4-6-13)23-19-22-10-9-17(25-19)18(26)24-16-8-7-14(20)11-15(16)21/h2-12H,1H3,(H,24,26)(H,22,23,25). The predicted molar refractivity (Wildman–Crippen MR) is 105 cm³/mol. The fourth-order valence-corrected chi connectivity index (χ4v) is 2.81. The SMILES string of the molecule is CC(Nc1nccc(C(=O)Nc2ccc(Cl)cc2Cl)n1)c1ccccc1. The first kappa shape index (κ1) is 18.2. The summed E-state index contributed by atoms with van der Waals surface area (Å²) < 4.78 is 0. The van der Waals surface area contributed by atoms with E-state index in [1.807, 2.05) is 37.3 Å². The minimum Gasteiger partial charge on any atom is -0.348 e. The summed E-state index contributed by atoms with van der Waals surface area (Å²) in [6, 6.07) is 16.3. The van der Waals surface area contributed by atoms with E-state index in [1.165, 1.54) is 12.3 Å². The van der Waals surface area contributed by atoms with Crippen LogP contribution in [-0.4, -0.2) is 15.9 Å². The molecule has 0 bridgehead atoms.